The maximum Gasteiger partial charge on any atom is 0.274 e. The Morgan fingerprint density at radius 3 is 2.54 bits per heavy atom. The highest BCUT2D eigenvalue weighted by Gasteiger charge is 2.15. The van der Waals surface area contributed by atoms with Crippen LogP contribution in [0.5, 0.6) is 0 Å². The van der Waals surface area contributed by atoms with Crippen molar-refractivity contribution in [1.29, 1.82) is 0 Å². The van der Waals surface area contributed by atoms with Crippen LogP contribution in [0.25, 0.3) is 0 Å². The third-order valence-electron chi connectivity index (χ3n) is 3.70. The zero-order chi connectivity index (χ0) is 20.3. The summed E-state index contributed by atoms with van der Waals surface area (Å²) in [7, 11) is 0. The number of aromatic nitrogens is 2. The quantitative estimate of drug-likeness (QED) is 0.510. The fourth-order valence-corrected chi connectivity index (χ4v) is 2.30. The molecule has 3 rings (SSSR count). The van der Waals surface area contributed by atoms with Crippen molar-refractivity contribution in [2.24, 2.45) is 0 Å². The van der Waals surface area contributed by atoms with Crippen LogP contribution in [0.2, 0.25) is 0 Å². The molecule has 1 aromatic heterocycles. The number of anilines is 3. The monoisotopic (exact) mass is 386 g/mol. The Hall–Kier alpha value is -3.75. The molecule has 0 unspecified atom stereocenters. The second-order valence-electron chi connectivity index (χ2n) is 5.70. The molecule has 0 spiro atoms. The molecule has 0 aliphatic carbocycles. The van der Waals surface area contributed by atoms with Gasteiger partial charge in [-0.1, -0.05) is 12.1 Å². The number of hydrogen-bond acceptors (Lipinski definition) is 5. The van der Waals surface area contributed by atoms with E-state index in [1.54, 1.807) is 18.2 Å². The fourth-order valence-electron chi connectivity index (χ4n) is 2.30. The molecule has 0 aliphatic heterocycles. The molecular formula is C19H13F3N4O2. The maximum atomic E-state index is 13.8. The number of carbonyl (C=O) groups excluding carboxylic acids is 2. The van der Waals surface area contributed by atoms with E-state index in [1.165, 1.54) is 25.3 Å². The molecule has 0 saturated carbocycles. The number of carbonyl (C=O) groups is 2. The zero-order valence-electron chi connectivity index (χ0n) is 14.5. The van der Waals surface area contributed by atoms with Crippen molar-refractivity contribution >= 4 is 29.0 Å². The molecule has 142 valence electrons. The SMILES string of the molecule is CC(=O)c1cccc(NC(=O)c2ccnc(Nc3ccc(F)c(F)c3F)n2)c1. The Morgan fingerprint density at radius 2 is 1.79 bits per heavy atom. The maximum absolute atomic E-state index is 13.8. The number of benzene rings is 2. The van der Waals surface area contributed by atoms with Crippen LogP contribution in [-0.4, -0.2) is 21.7 Å². The minimum absolute atomic E-state index is 0.0614. The molecule has 3 aromatic rings. The lowest BCUT2D eigenvalue weighted by molar-refractivity contribution is 0.100. The first-order valence-electron chi connectivity index (χ1n) is 8.01. The van der Waals surface area contributed by atoms with Gasteiger partial charge in [-0.05, 0) is 37.3 Å². The Kier molecular flexibility index (Phi) is 5.35. The minimum atomic E-state index is -1.63. The molecule has 0 fully saturated rings. The highest BCUT2D eigenvalue weighted by atomic mass is 19.2. The van der Waals surface area contributed by atoms with Crippen molar-refractivity contribution in [2.45, 2.75) is 6.92 Å². The van der Waals surface area contributed by atoms with Gasteiger partial charge in [0, 0.05) is 17.4 Å². The second kappa shape index (κ2) is 7.87. The Morgan fingerprint density at radius 1 is 1.00 bits per heavy atom. The van der Waals surface area contributed by atoms with Gasteiger partial charge in [-0.15, -0.1) is 0 Å². The Labute approximate surface area is 157 Å². The van der Waals surface area contributed by atoms with Gasteiger partial charge in [0.15, 0.2) is 23.2 Å². The van der Waals surface area contributed by atoms with Crippen LogP contribution in [0.4, 0.5) is 30.5 Å². The van der Waals surface area contributed by atoms with Crippen molar-refractivity contribution in [3.63, 3.8) is 0 Å². The first-order valence-corrected chi connectivity index (χ1v) is 8.01. The summed E-state index contributed by atoms with van der Waals surface area (Å²) in [6, 6.07) is 9.39. The summed E-state index contributed by atoms with van der Waals surface area (Å²) in [5, 5.41) is 4.97. The topological polar surface area (TPSA) is 84.0 Å². The Bertz CT molecular complexity index is 1070. The van der Waals surface area contributed by atoms with E-state index in [2.05, 4.69) is 20.6 Å². The van der Waals surface area contributed by atoms with E-state index in [0.717, 1.165) is 12.1 Å². The predicted molar refractivity (Wildman–Crippen MR) is 96.0 cm³/mol. The number of rotatable bonds is 5. The van der Waals surface area contributed by atoms with Gasteiger partial charge in [-0.25, -0.2) is 23.1 Å². The predicted octanol–water partition coefficient (Wildman–Crippen LogP) is 4.09. The van der Waals surface area contributed by atoms with Crippen LogP contribution in [0.15, 0.2) is 48.7 Å². The van der Waals surface area contributed by atoms with Crippen LogP contribution < -0.4 is 10.6 Å². The minimum Gasteiger partial charge on any atom is -0.322 e. The van der Waals surface area contributed by atoms with E-state index in [1.807, 2.05) is 0 Å². The molecule has 28 heavy (non-hydrogen) atoms. The van der Waals surface area contributed by atoms with Gasteiger partial charge in [0.25, 0.3) is 5.91 Å². The van der Waals surface area contributed by atoms with E-state index in [-0.39, 0.29) is 23.1 Å². The molecule has 6 nitrogen and oxygen atoms in total. The average Bonchev–Trinajstić information content (AvgIpc) is 2.69. The van der Waals surface area contributed by atoms with E-state index in [9.17, 15) is 22.8 Å². The number of Topliss-reactive ketones (excluding diaryl/α,β-unsaturated/α-hetero) is 1. The van der Waals surface area contributed by atoms with Crippen molar-refractivity contribution in [3.8, 4) is 0 Å². The van der Waals surface area contributed by atoms with E-state index in [4.69, 9.17) is 0 Å². The smallest absolute Gasteiger partial charge is 0.274 e. The number of hydrogen-bond donors (Lipinski definition) is 2. The van der Waals surface area contributed by atoms with Crippen molar-refractivity contribution < 1.29 is 22.8 Å². The van der Waals surface area contributed by atoms with Gasteiger partial charge in [0.1, 0.15) is 5.69 Å². The number of ketones is 1. The first kappa shape index (κ1) is 19.0. The van der Waals surface area contributed by atoms with Gasteiger partial charge in [0.05, 0.1) is 5.69 Å². The lowest BCUT2D eigenvalue weighted by Crippen LogP contribution is -2.15. The number of amides is 1. The number of nitrogens with zero attached hydrogens (tertiary/aromatic N) is 2. The molecular weight excluding hydrogens is 373 g/mol. The van der Waals surface area contributed by atoms with Crippen molar-refractivity contribution in [3.05, 3.63) is 77.4 Å². The third-order valence-corrected chi connectivity index (χ3v) is 3.70. The summed E-state index contributed by atoms with van der Waals surface area (Å²) in [6.45, 7) is 1.40. The Balaban J connectivity index is 1.79. The van der Waals surface area contributed by atoms with Crippen LogP contribution in [0.1, 0.15) is 27.8 Å². The summed E-state index contributed by atoms with van der Waals surface area (Å²) >= 11 is 0. The van der Waals surface area contributed by atoms with Gasteiger partial charge in [-0.2, -0.15) is 0 Å². The van der Waals surface area contributed by atoms with Gasteiger partial charge >= 0.3 is 0 Å². The normalized spacial score (nSPS) is 10.4. The number of halogens is 3. The van der Waals surface area contributed by atoms with Crippen LogP contribution >= 0.6 is 0 Å². The fraction of sp³-hybridized carbons (Fsp3) is 0.0526. The van der Waals surface area contributed by atoms with Crippen LogP contribution in [-0.2, 0) is 0 Å². The standard InChI is InChI=1S/C19H13F3N4O2/c1-10(27)11-3-2-4-12(9-11)24-18(28)15-7-8-23-19(26-15)25-14-6-5-13(20)16(21)17(14)22/h2-9H,1H3,(H,24,28)(H,23,25,26). The largest absolute Gasteiger partial charge is 0.322 e. The van der Waals surface area contributed by atoms with Gasteiger partial charge in [0.2, 0.25) is 5.95 Å². The summed E-state index contributed by atoms with van der Waals surface area (Å²) < 4.78 is 40.1. The molecule has 0 atom stereocenters. The molecule has 0 aliphatic rings. The third kappa shape index (κ3) is 4.14. The first-order chi connectivity index (χ1) is 13.3. The molecule has 2 N–H and O–H groups in total. The van der Waals surface area contributed by atoms with Crippen LogP contribution in [0, 0.1) is 17.5 Å². The average molecular weight is 386 g/mol. The summed E-state index contributed by atoms with van der Waals surface area (Å²) in [6.07, 6.45) is 1.24. The second-order valence-corrected chi connectivity index (χ2v) is 5.70. The highest BCUT2D eigenvalue weighted by Crippen LogP contribution is 2.22. The molecule has 9 heteroatoms. The van der Waals surface area contributed by atoms with E-state index in [0.29, 0.717) is 11.3 Å². The van der Waals surface area contributed by atoms with Gasteiger partial charge < -0.3 is 10.6 Å². The molecule has 0 bridgehead atoms. The van der Waals surface area contributed by atoms with Crippen LogP contribution in [0.3, 0.4) is 0 Å². The van der Waals surface area contributed by atoms with Crippen molar-refractivity contribution in [2.75, 3.05) is 10.6 Å². The van der Waals surface area contributed by atoms with E-state index < -0.39 is 23.4 Å². The number of nitrogens with one attached hydrogen (secondary N) is 2. The highest BCUT2D eigenvalue weighted by molar-refractivity contribution is 6.04. The van der Waals surface area contributed by atoms with E-state index >= 15 is 0 Å². The molecule has 1 amide bonds. The molecule has 2 aromatic carbocycles. The van der Waals surface area contributed by atoms with Crippen molar-refractivity contribution in [1.82, 2.24) is 9.97 Å². The summed E-state index contributed by atoms with van der Waals surface area (Å²) in [4.78, 5) is 31.5. The zero-order valence-corrected chi connectivity index (χ0v) is 14.5. The lowest BCUT2D eigenvalue weighted by atomic mass is 10.1. The molecule has 0 radical (unpaired) electrons. The molecule has 0 saturated heterocycles. The summed E-state index contributed by atoms with van der Waals surface area (Å²) in [5.41, 5.74) is 0.369. The van der Waals surface area contributed by atoms with Gasteiger partial charge in [-0.3, -0.25) is 9.59 Å². The molecule has 1 heterocycles. The lowest BCUT2D eigenvalue weighted by Gasteiger charge is -2.09. The summed E-state index contributed by atoms with van der Waals surface area (Å²) in [5.74, 6) is -5.33.